The van der Waals surface area contributed by atoms with Gasteiger partial charge in [0.25, 0.3) is 0 Å². The Labute approximate surface area is 89.6 Å². The minimum absolute atomic E-state index is 0.0291. The first-order valence-corrected chi connectivity index (χ1v) is 5.09. The van der Waals surface area contributed by atoms with Crippen LogP contribution in [0.2, 0.25) is 0 Å². The third-order valence-corrected chi connectivity index (χ3v) is 2.32. The third-order valence-electron chi connectivity index (χ3n) is 2.32. The molecule has 1 rings (SSSR count). The zero-order valence-corrected chi connectivity index (χ0v) is 8.78. The van der Waals surface area contributed by atoms with Crippen LogP contribution in [0, 0.1) is 5.92 Å². The molecular weight excluding hydrogens is 196 g/mol. The lowest BCUT2D eigenvalue weighted by atomic mass is 10.0. The molecule has 0 radical (unpaired) electrons. The molecule has 0 bridgehead atoms. The van der Waals surface area contributed by atoms with Crippen molar-refractivity contribution in [2.24, 2.45) is 11.7 Å². The lowest BCUT2D eigenvalue weighted by Gasteiger charge is -2.12. The minimum atomic E-state index is -0.203. The van der Waals surface area contributed by atoms with Crippen LogP contribution in [0.1, 0.15) is 6.42 Å². The largest absolute Gasteiger partial charge is 0.502 e. The second kappa shape index (κ2) is 6.42. The molecule has 1 amide bonds. The number of carbonyl (C=O) groups is 1. The van der Waals surface area contributed by atoms with Crippen molar-refractivity contribution in [1.29, 1.82) is 0 Å². The van der Waals surface area contributed by atoms with E-state index in [4.69, 9.17) is 15.2 Å². The van der Waals surface area contributed by atoms with Gasteiger partial charge in [-0.3, -0.25) is 4.79 Å². The fourth-order valence-corrected chi connectivity index (χ4v) is 1.42. The summed E-state index contributed by atoms with van der Waals surface area (Å²) in [6, 6.07) is -0.172. The van der Waals surface area contributed by atoms with E-state index in [1.807, 2.05) is 0 Å². The molecule has 2 atom stereocenters. The molecule has 1 aliphatic heterocycles. The maximum atomic E-state index is 11.6. The average Bonchev–Trinajstić information content (AvgIpc) is 2.64. The normalized spacial score (nSPS) is 24.9. The van der Waals surface area contributed by atoms with Crippen LogP contribution in [-0.4, -0.2) is 38.3 Å². The molecule has 86 valence electrons. The molecule has 2 unspecified atom stereocenters. The Morgan fingerprint density at radius 1 is 1.67 bits per heavy atom. The second-order valence-electron chi connectivity index (χ2n) is 3.49. The van der Waals surface area contributed by atoms with Gasteiger partial charge in [-0.05, 0) is 6.42 Å². The first kappa shape index (κ1) is 12.0. The predicted octanol–water partition coefficient (Wildman–Crippen LogP) is -0.373. The number of nitrogens with one attached hydrogen (secondary N) is 1. The number of ether oxygens (including phenoxy) is 2. The van der Waals surface area contributed by atoms with Crippen LogP contribution < -0.4 is 11.1 Å². The molecule has 15 heavy (non-hydrogen) atoms. The van der Waals surface area contributed by atoms with Crippen molar-refractivity contribution in [2.45, 2.75) is 12.5 Å². The van der Waals surface area contributed by atoms with E-state index in [1.54, 1.807) is 0 Å². The van der Waals surface area contributed by atoms with Crippen molar-refractivity contribution in [2.75, 3.05) is 26.4 Å². The molecule has 1 fully saturated rings. The first-order valence-electron chi connectivity index (χ1n) is 5.09. The van der Waals surface area contributed by atoms with Crippen LogP contribution in [-0.2, 0) is 14.3 Å². The van der Waals surface area contributed by atoms with Crippen molar-refractivity contribution in [3.8, 4) is 0 Å². The van der Waals surface area contributed by atoms with E-state index < -0.39 is 0 Å². The van der Waals surface area contributed by atoms with Crippen molar-refractivity contribution in [3.05, 3.63) is 12.8 Å². The average molecular weight is 214 g/mol. The molecule has 1 saturated heterocycles. The monoisotopic (exact) mass is 214 g/mol. The number of amides is 1. The summed E-state index contributed by atoms with van der Waals surface area (Å²) in [6.45, 7) is 5.48. The van der Waals surface area contributed by atoms with Gasteiger partial charge >= 0.3 is 0 Å². The highest BCUT2D eigenvalue weighted by Gasteiger charge is 2.30. The molecule has 0 spiro atoms. The topological polar surface area (TPSA) is 73.6 Å². The molecule has 5 heteroatoms. The molecular formula is C10H18N2O3. The zero-order chi connectivity index (χ0) is 11.1. The molecule has 0 aromatic heterocycles. The minimum Gasteiger partial charge on any atom is -0.502 e. The lowest BCUT2D eigenvalue weighted by Crippen LogP contribution is -2.41. The smallest absolute Gasteiger partial charge is 0.227 e. The number of nitrogens with two attached hydrogens (primary N) is 1. The quantitative estimate of drug-likeness (QED) is 0.467. The van der Waals surface area contributed by atoms with E-state index in [2.05, 4.69) is 11.9 Å². The fourth-order valence-electron chi connectivity index (χ4n) is 1.42. The molecule has 1 aliphatic rings. The van der Waals surface area contributed by atoms with Gasteiger partial charge in [-0.15, -0.1) is 0 Å². The fraction of sp³-hybridized carbons (Fsp3) is 0.700. The Bertz CT molecular complexity index is 221. The van der Waals surface area contributed by atoms with Gasteiger partial charge in [0.05, 0.1) is 32.0 Å². The zero-order valence-electron chi connectivity index (χ0n) is 8.78. The predicted molar refractivity (Wildman–Crippen MR) is 56.1 cm³/mol. The number of hydrogen-bond donors (Lipinski definition) is 2. The highest BCUT2D eigenvalue weighted by molar-refractivity contribution is 5.79. The van der Waals surface area contributed by atoms with E-state index in [0.29, 0.717) is 26.4 Å². The third kappa shape index (κ3) is 3.89. The molecule has 5 nitrogen and oxygen atoms in total. The number of rotatable bonds is 6. The summed E-state index contributed by atoms with van der Waals surface area (Å²) in [5, 5.41) is 2.80. The van der Waals surface area contributed by atoms with Crippen LogP contribution in [0.25, 0.3) is 0 Å². The molecule has 0 aromatic rings. The molecule has 3 N–H and O–H groups in total. The Kier molecular flexibility index (Phi) is 5.14. The number of carbonyl (C=O) groups excluding carboxylic acids is 1. The summed E-state index contributed by atoms with van der Waals surface area (Å²) < 4.78 is 10.0. The van der Waals surface area contributed by atoms with Crippen LogP contribution in [0.4, 0.5) is 0 Å². The Hall–Kier alpha value is -1.07. The van der Waals surface area contributed by atoms with E-state index >= 15 is 0 Å². The van der Waals surface area contributed by atoms with E-state index in [-0.39, 0.29) is 17.9 Å². The van der Waals surface area contributed by atoms with Gasteiger partial charge in [0.2, 0.25) is 5.91 Å². The molecule has 0 aromatic carbocycles. The van der Waals surface area contributed by atoms with E-state index in [9.17, 15) is 4.79 Å². The Morgan fingerprint density at radius 2 is 2.47 bits per heavy atom. The maximum absolute atomic E-state index is 11.6. The lowest BCUT2D eigenvalue weighted by molar-refractivity contribution is -0.125. The van der Waals surface area contributed by atoms with Crippen molar-refractivity contribution >= 4 is 5.91 Å². The van der Waals surface area contributed by atoms with Crippen LogP contribution in [0.5, 0.6) is 0 Å². The van der Waals surface area contributed by atoms with Crippen LogP contribution in [0.15, 0.2) is 12.8 Å². The van der Waals surface area contributed by atoms with Crippen molar-refractivity contribution in [1.82, 2.24) is 5.32 Å². The highest BCUT2D eigenvalue weighted by Crippen LogP contribution is 2.11. The van der Waals surface area contributed by atoms with Gasteiger partial charge in [0.1, 0.15) is 0 Å². The maximum Gasteiger partial charge on any atom is 0.227 e. The van der Waals surface area contributed by atoms with Crippen molar-refractivity contribution < 1.29 is 14.3 Å². The molecule has 1 heterocycles. The summed E-state index contributed by atoms with van der Waals surface area (Å²) in [4.78, 5) is 11.6. The van der Waals surface area contributed by atoms with Gasteiger partial charge in [-0.2, -0.15) is 0 Å². The van der Waals surface area contributed by atoms with Crippen molar-refractivity contribution in [3.63, 3.8) is 0 Å². The first-order chi connectivity index (χ1) is 7.25. The van der Waals surface area contributed by atoms with Gasteiger partial charge in [0, 0.05) is 12.6 Å². The summed E-state index contributed by atoms with van der Waals surface area (Å²) in [5.74, 6) is -0.232. The SMILES string of the molecule is C=COCCCNC(=O)C1COCC1N. The highest BCUT2D eigenvalue weighted by atomic mass is 16.5. The Balaban J connectivity index is 2.10. The van der Waals surface area contributed by atoms with Gasteiger partial charge < -0.3 is 20.5 Å². The molecule has 0 aliphatic carbocycles. The van der Waals surface area contributed by atoms with E-state index in [1.165, 1.54) is 6.26 Å². The molecule has 0 saturated carbocycles. The van der Waals surface area contributed by atoms with Gasteiger partial charge in [-0.1, -0.05) is 6.58 Å². The van der Waals surface area contributed by atoms with Gasteiger partial charge in [0.15, 0.2) is 0 Å². The number of hydrogen-bond acceptors (Lipinski definition) is 4. The van der Waals surface area contributed by atoms with Crippen LogP contribution >= 0.6 is 0 Å². The summed E-state index contributed by atoms with van der Waals surface area (Å²) in [7, 11) is 0. The summed E-state index contributed by atoms with van der Waals surface area (Å²) in [5.41, 5.74) is 5.71. The second-order valence-corrected chi connectivity index (χ2v) is 3.49. The summed E-state index contributed by atoms with van der Waals surface area (Å²) in [6.07, 6.45) is 2.16. The van der Waals surface area contributed by atoms with E-state index in [0.717, 1.165) is 6.42 Å². The summed E-state index contributed by atoms with van der Waals surface area (Å²) >= 11 is 0. The Morgan fingerprint density at radius 3 is 3.07 bits per heavy atom. The van der Waals surface area contributed by atoms with Crippen LogP contribution in [0.3, 0.4) is 0 Å². The van der Waals surface area contributed by atoms with Gasteiger partial charge in [-0.25, -0.2) is 0 Å². The standard InChI is InChI=1S/C10H18N2O3/c1-2-14-5-3-4-12-10(13)8-6-15-7-9(8)11/h2,8-9H,1,3-7,11H2,(H,12,13).